The van der Waals surface area contributed by atoms with Gasteiger partial charge in [0.15, 0.2) is 0 Å². The molecule has 0 saturated heterocycles. The minimum atomic E-state index is 0.164. The molecule has 0 spiro atoms. The summed E-state index contributed by atoms with van der Waals surface area (Å²) in [6.45, 7) is 0.898. The van der Waals surface area contributed by atoms with Gasteiger partial charge in [-0.1, -0.05) is 6.07 Å². The molecule has 2 N–H and O–H groups in total. The zero-order chi connectivity index (χ0) is 9.26. The summed E-state index contributed by atoms with van der Waals surface area (Å²) in [5, 5.41) is 12.5. The van der Waals surface area contributed by atoms with Crippen LogP contribution >= 0.6 is 0 Å². The number of ether oxygens (including phenoxy) is 1. The molecule has 0 bridgehead atoms. The van der Waals surface area contributed by atoms with Gasteiger partial charge in [-0.05, 0) is 12.5 Å². The number of hydrogen-bond acceptors (Lipinski definition) is 3. The van der Waals surface area contributed by atoms with Gasteiger partial charge >= 0.3 is 0 Å². The van der Waals surface area contributed by atoms with E-state index < -0.39 is 0 Å². The molecule has 0 amide bonds. The molecule has 3 heteroatoms. The van der Waals surface area contributed by atoms with Crippen LogP contribution in [0.3, 0.4) is 0 Å². The SMILES string of the molecule is COC1CCNc2cc(O)ccc21. The maximum Gasteiger partial charge on any atom is 0.117 e. The predicted octanol–water partition coefficient (Wildman–Crippen LogP) is 1.90. The Morgan fingerprint density at radius 1 is 1.54 bits per heavy atom. The lowest BCUT2D eigenvalue weighted by atomic mass is 10.0. The predicted molar refractivity (Wildman–Crippen MR) is 51.0 cm³/mol. The Kier molecular flexibility index (Phi) is 2.10. The van der Waals surface area contributed by atoms with Crippen LogP contribution in [0.5, 0.6) is 5.75 Å². The Morgan fingerprint density at radius 2 is 2.38 bits per heavy atom. The monoisotopic (exact) mass is 179 g/mol. The summed E-state index contributed by atoms with van der Waals surface area (Å²) in [5.41, 5.74) is 2.12. The summed E-state index contributed by atoms with van der Waals surface area (Å²) in [5.74, 6) is 0.294. The van der Waals surface area contributed by atoms with Gasteiger partial charge in [0.05, 0.1) is 6.10 Å². The minimum Gasteiger partial charge on any atom is -0.508 e. The number of phenols is 1. The Balaban J connectivity index is 2.40. The van der Waals surface area contributed by atoms with Crippen molar-refractivity contribution in [3.8, 4) is 5.75 Å². The number of benzene rings is 1. The fraction of sp³-hybridized carbons (Fsp3) is 0.400. The van der Waals surface area contributed by atoms with Crippen molar-refractivity contribution in [1.82, 2.24) is 0 Å². The van der Waals surface area contributed by atoms with E-state index >= 15 is 0 Å². The first-order chi connectivity index (χ1) is 6.31. The summed E-state index contributed by atoms with van der Waals surface area (Å²) in [6, 6.07) is 5.34. The van der Waals surface area contributed by atoms with Gasteiger partial charge in [-0.25, -0.2) is 0 Å². The minimum absolute atomic E-state index is 0.164. The molecule has 1 unspecified atom stereocenters. The first kappa shape index (κ1) is 8.38. The molecule has 1 aromatic carbocycles. The molecule has 1 aliphatic heterocycles. The van der Waals surface area contributed by atoms with Crippen molar-refractivity contribution in [3.63, 3.8) is 0 Å². The van der Waals surface area contributed by atoms with Crippen LogP contribution in [0.25, 0.3) is 0 Å². The quantitative estimate of drug-likeness (QED) is 0.691. The van der Waals surface area contributed by atoms with Crippen molar-refractivity contribution >= 4 is 5.69 Å². The van der Waals surface area contributed by atoms with Crippen LogP contribution in [0, 0.1) is 0 Å². The summed E-state index contributed by atoms with van der Waals surface area (Å²) in [7, 11) is 1.71. The zero-order valence-electron chi connectivity index (χ0n) is 7.58. The highest BCUT2D eigenvalue weighted by Gasteiger charge is 2.19. The van der Waals surface area contributed by atoms with Gasteiger partial charge in [0.2, 0.25) is 0 Å². The van der Waals surface area contributed by atoms with E-state index in [4.69, 9.17) is 4.74 Å². The Hall–Kier alpha value is -1.22. The van der Waals surface area contributed by atoms with Gasteiger partial charge in [0, 0.05) is 31.0 Å². The number of aromatic hydroxyl groups is 1. The number of anilines is 1. The average molecular weight is 179 g/mol. The van der Waals surface area contributed by atoms with E-state index in [1.54, 1.807) is 19.2 Å². The molecule has 1 aromatic rings. The Bertz CT molecular complexity index is 312. The molecule has 3 nitrogen and oxygen atoms in total. The second-order valence-corrected chi connectivity index (χ2v) is 3.21. The average Bonchev–Trinajstić information content (AvgIpc) is 2.16. The molecule has 0 radical (unpaired) electrons. The molecule has 0 fully saturated rings. The van der Waals surface area contributed by atoms with E-state index in [1.165, 1.54) is 0 Å². The highest BCUT2D eigenvalue weighted by molar-refractivity contribution is 5.57. The van der Waals surface area contributed by atoms with Crippen molar-refractivity contribution in [3.05, 3.63) is 23.8 Å². The third-order valence-corrected chi connectivity index (χ3v) is 2.39. The third kappa shape index (κ3) is 1.47. The first-order valence-electron chi connectivity index (χ1n) is 4.41. The van der Waals surface area contributed by atoms with Crippen LogP contribution in [0.4, 0.5) is 5.69 Å². The van der Waals surface area contributed by atoms with Crippen LogP contribution in [-0.2, 0) is 4.74 Å². The standard InChI is InChI=1S/C10H13NO2/c1-13-10-4-5-11-9-6-7(12)2-3-8(9)10/h2-3,6,10-12H,4-5H2,1H3. The van der Waals surface area contributed by atoms with E-state index in [-0.39, 0.29) is 6.10 Å². The van der Waals surface area contributed by atoms with Crippen molar-refractivity contribution in [2.75, 3.05) is 19.0 Å². The lowest BCUT2D eigenvalue weighted by Gasteiger charge is -2.25. The van der Waals surface area contributed by atoms with E-state index in [1.807, 2.05) is 6.07 Å². The van der Waals surface area contributed by atoms with Crippen LogP contribution < -0.4 is 5.32 Å². The second-order valence-electron chi connectivity index (χ2n) is 3.21. The van der Waals surface area contributed by atoms with Crippen molar-refractivity contribution in [1.29, 1.82) is 0 Å². The number of rotatable bonds is 1. The molecule has 0 aliphatic carbocycles. The summed E-state index contributed by atoms with van der Waals surface area (Å²) in [6.07, 6.45) is 1.14. The van der Waals surface area contributed by atoms with Crippen molar-refractivity contribution in [2.45, 2.75) is 12.5 Å². The first-order valence-corrected chi connectivity index (χ1v) is 4.41. The maximum atomic E-state index is 9.27. The number of fused-ring (bicyclic) bond motifs is 1. The van der Waals surface area contributed by atoms with Gasteiger partial charge in [-0.2, -0.15) is 0 Å². The largest absolute Gasteiger partial charge is 0.508 e. The molecule has 70 valence electrons. The molecule has 2 rings (SSSR count). The van der Waals surface area contributed by atoms with Gasteiger partial charge in [-0.3, -0.25) is 0 Å². The van der Waals surface area contributed by atoms with Crippen LogP contribution in [-0.4, -0.2) is 18.8 Å². The fourth-order valence-electron chi connectivity index (χ4n) is 1.72. The molecule has 1 atom stereocenters. The third-order valence-electron chi connectivity index (χ3n) is 2.39. The summed E-state index contributed by atoms with van der Waals surface area (Å²) in [4.78, 5) is 0. The molecule has 0 aromatic heterocycles. The fourth-order valence-corrected chi connectivity index (χ4v) is 1.72. The lowest BCUT2D eigenvalue weighted by molar-refractivity contribution is 0.0964. The van der Waals surface area contributed by atoms with E-state index in [0.29, 0.717) is 5.75 Å². The van der Waals surface area contributed by atoms with Gasteiger partial charge in [0.25, 0.3) is 0 Å². The van der Waals surface area contributed by atoms with E-state index in [0.717, 1.165) is 24.2 Å². The van der Waals surface area contributed by atoms with Gasteiger partial charge in [-0.15, -0.1) is 0 Å². The van der Waals surface area contributed by atoms with Crippen molar-refractivity contribution in [2.24, 2.45) is 0 Å². The number of methoxy groups -OCH3 is 1. The normalized spacial score (nSPS) is 20.5. The highest BCUT2D eigenvalue weighted by atomic mass is 16.5. The number of phenolic OH excluding ortho intramolecular Hbond substituents is 1. The Labute approximate surface area is 77.3 Å². The smallest absolute Gasteiger partial charge is 0.117 e. The topological polar surface area (TPSA) is 41.5 Å². The van der Waals surface area contributed by atoms with E-state index in [9.17, 15) is 5.11 Å². The van der Waals surface area contributed by atoms with Crippen LogP contribution in [0.1, 0.15) is 18.1 Å². The lowest BCUT2D eigenvalue weighted by Crippen LogP contribution is -2.17. The van der Waals surface area contributed by atoms with Crippen LogP contribution in [0.15, 0.2) is 18.2 Å². The molecular weight excluding hydrogens is 166 g/mol. The molecular formula is C10H13NO2. The maximum absolute atomic E-state index is 9.27. The molecule has 1 heterocycles. The summed E-state index contributed by atoms with van der Waals surface area (Å²) >= 11 is 0. The molecule has 13 heavy (non-hydrogen) atoms. The second kappa shape index (κ2) is 3.26. The number of hydrogen-bond donors (Lipinski definition) is 2. The van der Waals surface area contributed by atoms with Gasteiger partial charge in [0.1, 0.15) is 5.75 Å². The number of nitrogens with one attached hydrogen (secondary N) is 1. The Morgan fingerprint density at radius 3 is 3.15 bits per heavy atom. The van der Waals surface area contributed by atoms with Gasteiger partial charge < -0.3 is 15.2 Å². The van der Waals surface area contributed by atoms with E-state index in [2.05, 4.69) is 5.32 Å². The molecule has 1 aliphatic rings. The van der Waals surface area contributed by atoms with Crippen molar-refractivity contribution < 1.29 is 9.84 Å². The summed E-state index contributed by atoms with van der Waals surface area (Å²) < 4.78 is 5.34. The van der Waals surface area contributed by atoms with Crippen LogP contribution in [0.2, 0.25) is 0 Å². The highest BCUT2D eigenvalue weighted by Crippen LogP contribution is 2.33. The molecule has 0 saturated carbocycles. The zero-order valence-corrected chi connectivity index (χ0v) is 7.58.